The summed E-state index contributed by atoms with van der Waals surface area (Å²) in [5, 5.41) is 9.68. The molecule has 1 aliphatic rings. The van der Waals surface area contributed by atoms with Crippen LogP contribution in [0.1, 0.15) is 5.56 Å². The molecule has 32 heavy (non-hydrogen) atoms. The number of aromatic amines is 1. The Hall–Kier alpha value is -1.20. The van der Waals surface area contributed by atoms with Gasteiger partial charge in [-0.15, -0.1) is 0 Å². The summed E-state index contributed by atoms with van der Waals surface area (Å²) in [5.41, 5.74) is -3.16. The molecule has 0 radical (unpaired) electrons. The molecule has 2 heterocycles. The zero-order chi connectivity index (χ0) is 24.9. The SMILES string of the molecule is Cc1cn([C@]2(F)O[C@H](COP(=O)(O)OP(=O)(O)OP(=O)(O)O)[C@@H](O)C2(F)F)c(=O)[nH]c1=O. The highest BCUT2D eigenvalue weighted by molar-refractivity contribution is 7.66. The standard InChI is InChI=1S/C10H14F3N2O14P3/c1-4-2-15(8(18)14-7(4)17)10(13)9(11,12)6(16)5(27-10)3-26-31(22,23)29-32(24,25)28-30(19,20)21/h2,5-6,16H,3H2,1H3,(H,22,23)(H,24,25)(H,14,17,18)(H2,19,20,21)/t5-,6-,10+/m1/s1. The second-order valence-electron chi connectivity index (χ2n) is 6.11. The van der Waals surface area contributed by atoms with Gasteiger partial charge in [0.05, 0.1) is 6.61 Å². The fourth-order valence-electron chi connectivity index (χ4n) is 2.35. The number of hydrogen-bond acceptors (Lipinski definition) is 10. The van der Waals surface area contributed by atoms with Gasteiger partial charge in [0.25, 0.3) is 5.56 Å². The molecular formula is C10H14F3N2O14P3. The number of rotatable bonds is 8. The first-order valence-electron chi connectivity index (χ1n) is 7.75. The molecule has 16 nitrogen and oxygen atoms in total. The fourth-order valence-corrected chi connectivity index (χ4v) is 5.38. The molecule has 0 saturated carbocycles. The summed E-state index contributed by atoms with van der Waals surface area (Å²) in [6, 6.07) is 0. The molecule has 2 unspecified atom stereocenters. The third-order valence-corrected chi connectivity index (χ3v) is 7.49. The molecule has 2 rings (SSSR count). The van der Waals surface area contributed by atoms with E-state index in [9.17, 15) is 42.1 Å². The molecule has 22 heteroatoms. The quantitative estimate of drug-likeness (QED) is 0.222. The van der Waals surface area contributed by atoms with E-state index < -0.39 is 75.6 Å². The number of phosphoric ester groups is 1. The first kappa shape index (κ1) is 27.0. The van der Waals surface area contributed by atoms with Crippen LogP contribution in [0, 0.1) is 6.92 Å². The Morgan fingerprint density at radius 1 is 1.12 bits per heavy atom. The van der Waals surface area contributed by atoms with Crippen LogP contribution in [0.25, 0.3) is 0 Å². The molecule has 1 fully saturated rings. The van der Waals surface area contributed by atoms with Gasteiger partial charge in [-0.25, -0.2) is 23.1 Å². The van der Waals surface area contributed by atoms with Crippen molar-refractivity contribution in [2.24, 2.45) is 0 Å². The largest absolute Gasteiger partial charge is 0.490 e. The van der Waals surface area contributed by atoms with Gasteiger partial charge in [0.2, 0.25) is 0 Å². The predicted octanol–water partition coefficient (Wildman–Crippen LogP) is -0.837. The van der Waals surface area contributed by atoms with Gasteiger partial charge in [-0.2, -0.15) is 21.8 Å². The van der Waals surface area contributed by atoms with Crippen LogP contribution in [0.4, 0.5) is 13.2 Å². The smallest absolute Gasteiger partial charge is 0.384 e. The monoisotopic (exact) mass is 536 g/mol. The van der Waals surface area contributed by atoms with Crippen LogP contribution in [-0.2, 0) is 37.6 Å². The normalized spacial score (nSPS) is 29.4. The Labute approximate surface area is 173 Å². The Morgan fingerprint density at radius 2 is 1.69 bits per heavy atom. The number of aromatic nitrogens is 2. The molecule has 0 aliphatic carbocycles. The maximum absolute atomic E-state index is 15.1. The number of aliphatic hydroxyl groups excluding tert-OH is 1. The van der Waals surface area contributed by atoms with Crippen molar-refractivity contribution in [3.8, 4) is 0 Å². The molecule has 0 aromatic carbocycles. The number of nitrogens with one attached hydrogen (secondary N) is 1. The summed E-state index contributed by atoms with van der Waals surface area (Å²) in [4.78, 5) is 59.8. The topological polar surface area (TPSA) is 244 Å². The van der Waals surface area contributed by atoms with Crippen LogP contribution in [0.15, 0.2) is 15.8 Å². The van der Waals surface area contributed by atoms with E-state index in [1.54, 1.807) is 0 Å². The number of halogens is 3. The highest BCUT2D eigenvalue weighted by Gasteiger charge is 2.72. The molecule has 1 aromatic rings. The van der Waals surface area contributed by atoms with E-state index in [0.717, 1.165) is 6.92 Å². The maximum atomic E-state index is 15.1. The van der Waals surface area contributed by atoms with E-state index in [-0.39, 0.29) is 0 Å². The minimum Gasteiger partial charge on any atom is -0.384 e. The molecule has 1 aliphatic heterocycles. The van der Waals surface area contributed by atoms with Crippen LogP contribution >= 0.6 is 23.5 Å². The van der Waals surface area contributed by atoms with Crippen molar-refractivity contribution in [2.45, 2.75) is 31.0 Å². The maximum Gasteiger partial charge on any atom is 0.490 e. The Bertz CT molecular complexity index is 1150. The zero-order valence-electron chi connectivity index (χ0n) is 15.3. The Kier molecular flexibility index (Phi) is 7.22. The highest BCUT2D eigenvalue weighted by atomic mass is 31.3. The first-order chi connectivity index (χ1) is 14.2. The number of ether oxygens (including phenoxy) is 1. The van der Waals surface area contributed by atoms with Gasteiger partial charge in [0, 0.05) is 11.8 Å². The van der Waals surface area contributed by atoms with Crippen molar-refractivity contribution >= 4 is 23.5 Å². The summed E-state index contributed by atoms with van der Waals surface area (Å²) in [6.45, 7) is -0.613. The van der Waals surface area contributed by atoms with E-state index in [1.165, 1.54) is 4.98 Å². The van der Waals surface area contributed by atoms with E-state index in [2.05, 4.69) is 17.9 Å². The van der Waals surface area contributed by atoms with Crippen LogP contribution in [0.5, 0.6) is 0 Å². The van der Waals surface area contributed by atoms with E-state index >= 15 is 4.39 Å². The number of H-pyrrole nitrogens is 1. The average Bonchev–Trinajstić information content (AvgIpc) is 2.74. The molecule has 6 N–H and O–H groups in total. The Morgan fingerprint density at radius 3 is 2.22 bits per heavy atom. The minimum absolute atomic E-state index is 0.354. The van der Waals surface area contributed by atoms with Gasteiger partial charge in [-0.3, -0.25) is 14.3 Å². The number of hydrogen-bond donors (Lipinski definition) is 6. The van der Waals surface area contributed by atoms with Gasteiger partial charge in [0.15, 0.2) is 6.10 Å². The van der Waals surface area contributed by atoms with Gasteiger partial charge < -0.3 is 29.4 Å². The lowest BCUT2D eigenvalue weighted by Gasteiger charge is -2.27. The Balaban J connectivity index is 2.25. The van der Waals surface area contributed by atoms with Gasteiger partial charge in [-0.1, -0.05) is 0 Å². The van der Waals surface area contributed by atoms with E-state index in [4.69, 9.17) is 14.7 Å². The van der Waals surface area contributed by atoms with Crippen molar-refractivity contribution in [3.63, 3.8) is 0 Å². The van der Waals surface area contributed by atoms with Crippen LogP contribution in [0.2, 0.25) is 0 Å². The van der Waals surface area contributed by atoms with Gasteiger partial charge in [-0.05, 0) is 6.92 Å². The molecular weight excluding hydrogens is 522 g/mol. The lowest BCUT2D eigenvalue weighted by atomic mass is 10.1. The summed E-state index contributed by atoms with van der Waals surface area (Å²) < 4.78 is 92.0. The lowest BCUT2D eigenvalue weighted by Crippen LogP contribution is -2.53. The second-order valence-corrected chi connectivity index (χ2v) is 10.5. The molecule has 5 atom stereocenters. The fraction of sp³-hybridized carbons (Fsp3) is 0.600. The first-order valence-corrected chi connectivity index (χ1v) is 12.3. The number of alkyl halides is 3. The number of aryl methyl sites for hydroxylation is 1. The van der Waals surface area contributed by atoms with Crippen molar-refractivity contribution in [1.82, 2.24) is 9.55 Å². The van der Waals surface area contributed by atoms with Gasteiger partial charge in [0.1, 0.15) is 6.10 Å². The van der Waals surface area contributed by atoms with Crippen molar-refractivity contribution < 1.29 is 69.4 Å². The van der Waals surface area contributed by atoms with Gasteiger partial charge >= 0.3 is 41.1 Å². The van der Waals surface area contributed by atoms with Crippen molar-refractivity contribution in [3.05, 3.63) is 32.6 Å². The summed E-state index contributed by atoms with van der Waals surface area (Å²) in [5.74, 6) is -9.34. The molecule has 1 saturated heterocycles. The number of phosphoric acid groups is 3. The minimum atomic E-state index is -5.93. The zero-order valence-corrected chi connectivity index (χ0v) is 18.0. The summed E-state index contributed by atoms with van der Waals surface area (Å²) in [7, 11) is -17.4. The van der Waals surface area contributed by atoms with Crippen LogP contribution < -0.4 is 11.2 Å². The molecule has 184 valence electrons. The third-order valence-electron chi connectivity index (χ3n) is 3.69. The van der Waals surface area contributed by atoms with Crippen molar-refractivity contribution in [1.29, 1.82) is 0 Å². The molecule has 0 spiro atoms. The third kappa shape index (κ3) is 5.64. The van der Waals surface area contributed by atoms with E-state index in [1.807, 2.05) is 0 Å². The molecule has 1 aromatic heterocycles. The second kappa shape index (κ2) is 8.54. The van der Waals surface area contributed by atoms with Crippen molar-refractivity contribution in [2.75, 3.05) is 6.61 Å². The highest BCUT2D eigenvalue weighted by Crippen LogP contribution is 2.66. The number of nitrogens with zero attached hydrogens (tertiary/aromatic N) is 1. The predicted molar refractivity (Wildman–Crippen MR) is 90.8 cm³/mol. The molecule has 0 bridgehead atoms. The summed E-state index contributed by atoms with van der Waals surface area (Å²) in [6.07, 6.45) is -5.30. The number of aliphatic hydroxyl groups is 1. The van der Waals surface area contributed by atoms with Crippen LogP contribution in [0.3, 0.4) is 0 Å². The summed E-state index contributed by atoms with van der Waals surface area (Å²) >= 11 is 0. The average molecular weight is 536 g/mol. The van der Waals surface area contributed by atoms with E-state index in [0.29, 0.717) is 6.20 Å². The van der Waals surface area contributed by atoms with Crippen LogP contribution in [-0.4, -0.2) is 59.0 Å². The molecule has 0 amide bonds. The lowest BCUT2D eigenvalue weighted by molar-refractivity contribution is -0.297.